The zero-order valence-electron chi connectivity index (χ0n) is 12.8. The van der Waals surface area contributed by atoms with E-state index in [1.165, 1.54) is 12.1 Å². The average Bonchev–Trinajstić information content (AvgIpc) is 2.97. The Morgan fingerprint density at radius 1 is 1.09 bits per heavy atom. The predicted molar refractivity (Wildman–Crippen MR) is 86.9 cm³/mol. The molecule has 6 heteroatoms. The first kappa shape index (κ1) is 14.8. The van der Waals surface area contributed by atoms with Gasteiger partial charge in [0, 0.05) is 23.4 Å². The molecule has 3 aromatic rings. The van der Waals surface area contributed by atoms with E-state index in [4.69, 9.17) is 4.74 Å². The lowest BCUT2D eigenvalue weighted by molar-refractivity contribution is -0.384. The Balaban J connectivity index is 1.95. The molecule has 0 aliphatic heterocycles. The Bertz CT molecular complexity index is 837. The van der Waals surface area contributed by atoms with Crippen LogP contribution in [0.5, 0.6) is 5.75 Å². The highest BCUT2D eigenvalue weighted by Crippen LogP contribution is 2.24. The molecule has 116 valence electrons. The summed E-state index contributed by atoms with van der Waals surface area (Å²) in [6.45, 7) is 1.95. The van der Waals surface area contributed by atoms with Crippen molar-refractivity contribution in [1.29, 1.82) is 0 Å². The van der Waals surface area contributed by atoms with Crippen molar-refractivity contribution in [3.05, 3.63) is 70.4 Å². The third-order valence-electron chi connectivity index (χ3n) is 3.58. The van der Waals surface area contributed by atoms with E-state index in [-0.39, 0.29) is 5.69 Å². The summed E-state index contributed by atoms with van der Waals surface area (Å²) < 4.78 is 6.92. The highest BCUT2D eigenvalue weighted by Gasteiger charge is 2.10. The van der Waals surface area contributed by atoms with Gasteiger partial charge in [-0.2, -0.15) is 5.10 Å². The van der Waals surface area contributed by atoms with Crippen molar-refractivity contribution in [2.24, 2.45) is 0 Å². The number of rotatable bonds is 4. The van der Waals surface area contributed by atoms with Gasteiger partial charge in [0.05, 0.1) is 23.4 Å². The largest absolute Gasteiger partial charge is 0.497 e. The number of hydrogen-bond donors (Lipinski definition) is 0. The Kier molecular flexibility index (Phi) is 3.80. The molecule has 0 aliphatic rings. The van der Waals surface area contributed by atoms with Crippen LogP contribution in [-0.2, 0) is 0 Å². The molecule has 0 aliphatic carbocycles. The van der Waals surface area contributed by atoms with Gasteiger partial charge in [0.25, 0.3) is 5.69 Å². The summed E-state index contributed by atoms with van der Waals surface area (Å²) in [5.41, 5.74) is 3.62. The molecule has 3 rings (SSSR count). The van der Waals surface area contributed by atoms with Gasteiger partial charge in [0.1, 0.15) is 5.75 Å². The molecular weight excluding hydrogens is 294 g/mol. The highest BCUT2D eigenvalue weighted by molar-refractivity contribution is 5.61. The second-order valence-electron chi connectivity index (χ2n) is 5.08. The molecule has 0 amide bonds. The minimum Gasteiger partial charge on any atom is -0.497 e. The van der Waals surface area contributed by atoms with E-state index in [2.05, 4.69) is 5.10 Å². The standard InChI is InChI=1S/C17H15N3O3/c1-12-11-17(13-3-9-16(23-2)10-4-13)18-19(12)14-5-7-15(8-6-14)20(21)22/h3-11H,1-2H3. The number of ether oxygens (including phenoxy) is 1. The van der Waals surface area contributed by atoms with Gasteiger partial charge in [-0.25, -0.2) is 4.68 Å². The van der Waals surface area contributed by atoms with Gasteiger partial charge in [0.15, 0.2) is 0 Å². The lowest BCUT2D eigenvalue weighted by Crippen LogP contribution is -1.99. The molecule has 2 aromatic carbocycles. The number of aromatic nitrogens is 2. The van der Waals surface area contributed by atoms with Crippen LogP contribution in [0.1, 0.15) is 5.69 Å². The van der Waals surface area contributed by atoms with E-state index in [1.807, 2.05) is 37.3 Å². The topological polar surface area (TPSA) is 70.2 Å². The van der Waals surface area contributed by atoms with Gasteiger partial charge < -0.3 is 4.74 Å². The summed E-state index contributed by atoms with van der Waals surface area (Å²) in [6, 6.07) is 16.0. The summed E-state index contributed by atoms with van der Waals surface area (Å²) in [4.78, 5) is 10.3. The maximum Gasteiger partial charge on any atom is 0.269 e. The van der Waals surface area contributed by atoms with Crippen molar-refractivity contribution in [2.45, 2.75) is 6.92 Å². The molecule has 6 nitrogen and oxygen atoms in total. The smallest absolute Gasteiger partial charge is 0.269 e. The number of methoxy groups -OCH3 is 1. The number of benzene rings is 2. The summed E-state index contributed by atoms with van der Waals surface area (Å²) in [7, 11) is 1.63. The zero-order valence-corrected chi connectivity index (χ0v) is 12.8. The van der Waals surface area contributed by atoms with Crippen molar-refractivity contribution in [2.75, 3.05) is 7.11 Å². The molecule has 1 heterocycles. The number of non-ortho nitro benzene ring substituents is 1. The molecule has 23 heavy (non-hydrogen) atoms. The van der Waals surface area contributed by atoms with E-state index < -0.39 is 4.92 Å². The fourth-order valence-corrected chi connectivity index (χ4v) is 2.35. The first-order chi connectivity index (χ1) is 11.1. The molecule has 0 radical (unpaired) electrons. The minimum atomic E-state index is -0.414. The van der Waals surface area contributed by atoms with E-state index in [0.717, 1.165) is 28.4 Å². The Labute approximate surface area is 133 Å². The summed E-state index contributed by atoms with van der Waals surface area (Å²) in [6.07, 6.45) is 0. The van der Waals surface area contributed by atoms with Gasteiger partial charge in [0.2, 0.25) is 0 Å². The quantitative estimate of drug-likeness (QED) is 0.543. The molecule has 0 bridgehead atoms. The lowest BCUT2D eigenvalue weighted by Gasteiger charge is -2.04. The van der Waals surface area contributed by atoms with Crippen molar-refractivity contribution < 1.29 is 9.66 Å². The Morgan fingerprint density at radius 2 is 1.74 bits per heavy atom. The van der Waals surface area contributed by atoms with E-state index >= 15 is 0 Å². The summed E-state index contributed by atoms with van der Waals surface area (Å²) in [5.74, 6) is 0.792. The Morgan fingerprint density at radius 3 is 2.30 bits per heavy atom. The summed E-state index contributed by atoms with van der Waals surface area (Å²) >= 11 is 0. The third-order valence-corrected chi connectivity index (χ3v) is 3.58. The van der Waals surface area contributed by atoms with Crippen LogP contribution in [0.2, 0.25) is 0 Å². The molecule has 0 fully saturated rings. The van der Waals surface area contributed by atoms with Crippen LogP contribution >= 0.6 is 0 Å². The number of nitro benzene ring substituents is 1. The van der Waals surface area contributed by atoms with E-state index in [9.17, 15) is 10.1 Å². The first-order valence-electron chi connectivity index (χ1n) is 7.04. The van der Waals surface area contributed by atoms with Crippen LogP contribution in [0, 0.1) is 17.0 Å². The minimum absolute atomic E-state index is 0.0638. The maximum absolute atomic E-state index is 10.7. The van der Waals surface area contributed by atoms with Crippen LogP contribution in [0.4, 0.5) is 5.69 Å². The van der Waals surface area contributed by atoms with Crippen LogP contribution < -0.4 is 4.74 Å². The van der Waals surface area contributed by atoms with Gasteiger partial charge in [-0.15, -0.1) is 0 Å². The van der Waals surface area contributed by atoms with Crippen molar-refractivity contribution >= 4 is 5.69 Å². The van der Waals surface area contributed by atoms with Gasteiger partial charge >= 0.3 is 0 Å². The van der Waals surface area contributed by atoms with Crippen LogP contribution in [0.25, 0.3) is 16.9 Å². The number of nitrogens with zero attached hydrogens (tertiary/aromatic N) is 3. The molecule has 0 N–H and O–H groups in total. The molecule has 0 spiro atoms. The summed E-state index contributed by atoms with van der Waals surface area (Å²) in [5, 5.41) is 15.3. The first-order valence-corrected chi connectivity index (χ1v) is 7.04. The maximum atomic E-state index is 10.7. The molecule has 0 saturated heterocycles. The average molecular weight is 309 g/mol. The molecule has 1 aromatic heterocycles. The van der Waals surface area contributed by atoms with Gasteiger partial charge in [-0.1, -0.05) is 0 Å². The molecular formula is C17H15N3O3. The fourth-order valence-electron chi connectivity index (χ4n) is 2.35. The van der Waals surface area contributed by atoms with Crippen molar-refractivity contribution in [3.63, 3.8) is 0 Å². The zero-order chi connectivity index (χ0) is 16.4. The van der Waals surface area contributed by atoms with Crippen LogP contribution in [0.15, 0.2) is 54.6 Å². The van der Waals surface area contributed by atoms with Crippen molar-refractivity contribution in [1.82, 2.24) is 9.78 Å². The second kappa shape index (κ2) is 5.92. The van der Waals surface area contributed by atoms with E-state index in [1.54, 1.807) is 23.9 Å². The van der Waals surface area contributed by atoms with Crippen LogP contribution in [-0.4, -0.2) is 21.8 Å². The van der Waals surface area contributed by atoms with Crippen molar-refractivity contribution in [3.8, 4) is 22.7 Å². The lowest BCUT2D eigenvalue weighted by atomic mass is 10.1. The molecule has 0 saturated carbocycles. The molecule has 0 unspecified atom stereocenters. The molecule has 0 atom stereocenters. The van der Waals surface area contributed by atoms with E-state index in [0.29, 0.717) is 0 Å². The number of nitro groups is 1. The second-order valence-corrected chi connectivity index (χ2v) is 5.08. The van der Waals surface area contributed by atoms with Crippen LogP contribution in [0.3, 0.4) is 0 Å². The predicted octanol–water partition coefficient (Wildman–Crippen LogP) is 3.76. The number of hydrogen-bond acceptors (Lipinski definition) is 4. The number of aryl methyl sites for hydroxylation is 1. The monoisotopic (exact) mass is 309 g/mol. The SMILES string of the molecule is COc1ccc(-c2cc(C)n(-c3ccc([N+](=O)[O-])cc3)n2)cc1. The highest BCUT2D eigenvalue weighted by atomic mass is 16.6. The van der Waals surface area contributed by atoms with Gasteiger partial charge in [-0.3, -0.25) is 10.1 Å². The normalized spacial score (nSPS) is 10.5. The van der Waals surface area contributed by atoms with Gasteiger partial charge in [-0.05, 0) is 49.4 Å². The fraction of sp³-hybridized carbons (Fsp3) is 0.118. The third kappa shape index (κ3) is 2.91. The Hall–Kier alpha value is -3.15.